The Bertz CT molecular complexity index is 3800. The first-order chi connectivity index (χ1) is 32.5. The molecule has 0 saturated carbocycles. The third-order valence-electron chi connectivity index (χ3n) is 14.1. The van der Waals surface area contributed by atoms with E-state index in [1.807, 2.05) is 0 Å². The van der Waals surface area contributed by atoms with E-state index in [2.05, 4.69) is 264 Å². The van der Waals surface area contributed by atoms with Gasteiger partial charge >= 0.3 is 0 Å². The van der Waals surface area contributed by atoms with Crippen LogP contribution in [0, 0.1) is 0 Å². The van der Waals surface area contributed by atoms with E-state index in [4.69, 9.17) is 0 Å². The van der Waals surface area contributed by atoms with Crippen molar-refractivity contribution >= 4 is 60.7 Å². The second-order valence-corrected chi connectivity index (χ2v) is 18.1. The predicted octanol–water partition coefficient (Wildman–Crippen LogP) is 17.0. The number of hydrogen-bond acceptors (Lipinski definition) is 1. The van der Waals surface area contributed by atoms with Gasteiger partial charge in [0, 0.05) is 55.4 Å². The van der Waals surface area contributed by atoms with Gasteiger partial charge in [-0.2, -0.15) is 0 Å². The van der Waals surface area contributed by atoms with E-state index in [9.17, 15) is 0 Å². The smallest absolute Gasteiger partial charge is 0.0641 e. The molecular formula is C63H45N3. The highest BCUT2D eigenvalue weighted by Crippen LogP contribution is 2.51. The molecule has 3 heteroatoms. The summed E-state index contributed by atoms with van der Waals surface area (Å²) in [6.45, 7) is 4.71. The zero-order valence-corrected chi connectivity index (χ0v) is 36.9. The first-order valence-corrected chi connectivity index (χ1v) is 22.9. The van der Waals surface area contributed by atoms with Crippen molar-refractivity contribution in [1.82, 2.24) is 9.13 Å². The molecule has 0 radical (unpaired) electrons. The van der Waals surface area contributed by atoms with Crippen LogP contribution < -0.4 is 4.90 Å². The molecule has 10 aromatic carbocycles. The number of fused-ring (bicyclic) bond motifs is 10. The van der Waals surface area contributed by atoms with Crippen LogP contribution in [0.3, 0.4) is 0 Å². The molecule has 0 fully saturated rings. The summed E-state index contributed by atoms with van der Waals surface area (Å²) in [5, 5.41) is 4.97. The van der Waals surface area contributed by atoms with Crippen molar-refractivity contribution in [2.75, 3.05) is 4.90 Å². The predicted molar refractivity (Wildman–Crippen MR) is 278 cm³/mol. The molecule has 0 saturated heterocycles. The highest BCUT2D eigenvalue weighted by molar-refractivity contribution is 6.26. The number of aromatic nitrogens is 2. The van der Waals surface area contributed by atoms with Crippen LogP contribution in [0.15, 0.2) is 237 Å². The lowest BCUT2D eigenvalue weighted by Crippen LogP contribution is -2.16. The maximum absolute atomic E-state index is 2.47. The third kappa shape index (κ3) is 5.83. The van der Waals surface area contributed by atoms with Crippen LogP contribution in [0.4, 0.5) is 17.1 Å². The monoisotopic (exact) mass is 843 g/mol. The molecule has 66 heavy (non-hydrogen) atoms. The van der Waals surface area contributed by atoms with Crippen LogP contribution in [0.1, 0.15) is 25.0 Å². The largest absolute Gasteiger partial charge is 0.310 e. The maximum atomic E-state index is 2.47. The Morgan fingerprint density at radius 2 is 0.848 bits per heavy atom. The highest BCUT2D eigenvalue weighted by Gasteiger charge is 2.35. The number of anilines is 3. The Balaban J connectivity index is 0.955. The molecule has 13 rings (SSSR count). The standard InChI is InChI=1S/C63H45N3/c1-63(2)56-24-14-12-22-51(56)52-36-35-50(41-57(52)63)64(48-31-26-43(27-32-48)42-16-6-3-7-17-42)49-33-28-44(29-34-49)45-30-38-59-55(40-45)53-37-39-60-61(62(53)66(59)47-20-10-5-11-21-47)54-23-13-15-25-58(54)65(60)46-18-8-4-9-19-46/h3-41H,1-2H3. The summed E-state index contributed by atoms with van der Waals surface area (Å²) >= 11 is 0. The molecule has 2 aromatic heterocycles. The lowest BCUT2D eigenvalue weighted by Gasteiger charge is -2.28. The van der Waals surface area contributed by atoms with Gasteiger partial charge in [-0.15, -0.1) is 0 Å². The van der Waals surface area contributed by atoms with E-state index < -0.39 is 0 Å². The Hall–Kier alpha value is -8.40. The molecule has 0 aliphatic heterocycles. The molecule has 3 nitrogen and oxygen atoms in total. The van der Waals surface area contributed by atoms with Gasteiger partial charge in [0.2, 0.25) is 0 Å². The van der Waals surface area contributed by atoms with E-state index >= 15 is 0 Å². The number of benzene rings is 10. The molecular weight excluding hydrogens is 799 g/mol. The molecule has 0 amide bonds. The fourth-order valence-corrected chi connectivity index (χ4v) is 11.0. The van der Waals surface area contributed by atoms with Gasteiger partial charge in [0.1, 0.15) is 0 Å². The van der Waals surface area contributed by atoms with Crippen molar-refractivity contribution in [3.63, 3.8) is 0 Å². The molecule has 0 spiro atoms. The number of nitrogens with zero attached hydrogens (tertiary/aromatic N) is 3. The fourth-order valence-electron chi connectivity index (χ4n) is 11.0. The normalized spacial score (nSPS) is 12.8. The molecule has 0 N–H and O–H groups in total. The molecule has 312 valence electrons. The SMILES string of the molecule is CC1(C)c2ccccc2-c2ccc(N(c3ccc(-c4ccccc4)cc3)c3ccc(-c4ccc5c(c4)c4ccc6c(c7ccccc7n6-c6ccccc6)c4n5-c4ccccc4)cc3)cc21. The topological polar surface area (TPSA) is 13.1 Å². The number of para-hydroxylation sites is 3. The van der Waals surface area contributed by atoms with Crippen molar-refractivity contribution in [2.45, 2.75) is 19.3 Å². The Morgan fingerprint density at radius 1 is 0.333 bits per heavy atom. The first-order valence-electron chi connectivity index (χ1n) is 22.9. The van der Waals surface area contributed by atoms with E-state index in [0.717, 1.165) is 28.4 Å². The molecule has 2 heterocycles. The van der Waals surface area contributed by atoms with E-state index in [0.29, 0.717) is 0 Å². The Kier molecular flexibility index (Phi) is 8.56. The quantitative estimate of drug-likeness (QED) is 0.156. The summed E-state index contributed by atoms with van der Waals surface area (Å²) < 4.78 is 4.88. The van der Waals surface area contributed by atoms with Gasteiger partial charge in [-0.05, 0) is 129 Å². The van der Waals surface area contributed by atoms with Gasteiger partial charge in [0.05, 0.1) is 22.1 Å². The van der Waals surface area contributed by atoms with Crippen LogP contribution >= 0.6 is 0 Å². The minimum absolute atomic E-state index is 0.109. The fraction of sp³-hybridized carbons (Fsp3) is 0.0476. The van der Waals surface area contributed by atoms with Gasteiger partial charge in [-0.25, -0.2) is 0 Å². The average molecular weight is 844 g/mol. The second kappa shape index (κ2) is 14.8. The summed E-state index contributed by atoms with van der Waals surface area (Å²) in [6, 6.07) is 86.7. The Labute approximate surface area is 384 Å². The highest BCUT2D eigenvalue weighted by atomic mass is 15.1. The average Bonchev–Trinajstić information content (AvgIpc) is 3.98. The summed E-state index contributed by atoms with van der Waals surface area (Å²) in [4.78, 5) is 2.41. The molecule has 0 bridgehead atoms. The van der Waals surface area contributed by atoms with Crippen molar-refractivity contribution in [2.24, 2.45) is 0 Å². The van der Waals surface area contributed by atoms with Crippen LogP contribution in [-0.2, 0) is 5.41 Å². The Morgan fingerprint density at radius 3 is 1.56 bits per heavy atom. The van der Waals surface area contributed by atoms with Crippen molar-refractivity contribution in [3.05, 3.63) is 248 Å². The van der Waals surface area contributed by atoms with Crippen LogP contribution in [0.25, 0.3) is 88.4 Å². The summed E-state index contributed by atoms with van der Waals surface area (Å²) in [5.41, 5.74) is 20.5. The lowest BCUT2D eigenvalue weighted by atomic mass is 9.82. The van der Waals surface area contributed by atoms with Gasteiger partial charge in [0.25, 0.3) is 0 Å². The first kappa shape index (κ1) is 38.1. The number of rotatable bonds is 7. The summed E-state index contributed by atoms with van der Waals surface area (Å²) in [7, 11) is 0. The van der Waals surface area contributed by atoms with Crippen molar-refractivity contribution < 1.29 is 0 Å². The van der Waals surface area contributed by atoms with Crippen LogP contribution in [0.2, 0.25) is 0 Å². The number of hydrogen-bond donors (Lipinski definition) is 0. The second-order valence-electron chi connectivity index (χ2n) is 18.1. The van der Waals surface area contributed by atoms with E-state index in [1.54, 1.807) is 0 Å². The summed E-state index contributed by atoms with van der Waals surface area (Å²) in [6.07, 6.45) is 0. The maximum Gasteiger partial charge on any atom is 0.0641 e. The molecule has 1 aliphatic carbocycles. The van der Waals surface area contributed by atoms with Gasteiger partial charge < -0.3 is 14.0 Å². The van der Waals surface area contributed by atoms with Gasteiger partial charge in [-0.3, -0.25) is 0 Å². The molecule has 12 aromatic rings. The minimum atomic E-state index is -0.109. The zero-order chi connectivity index (χ0) is 43.9. The van der Waals surface area contributed by atoms with E-state index in [1.165, 1.54) is 88.1 Å². The minimum Gasteiger partial charge on any atom is -0.310 e. The van der Waals surface area contributed by atoms with Crippen molar-refractivity contribution in [3.8, 4) is 44.8 Å². The molecule has 0 atom stereocenters. The lowest BCUT2D eigenvalue weighted by molar-refractivity contribution is 0.660. The third-order valence-corrected chi connectivity index (χ3v) is 14.1. The van der Waals surface area contributed by atoms with Crippen molar-refractivity contribution in [1.29, 1.82) is 0 Å². The van der Waals surface area contributed by atoms with Crippen LogP contribution in [0.5, 0.6) is 0 Å². The van der Waals surface area contributed by atoms with E-state index in [-0.39, 0.29) is 5.41 Å². The zero-order valence-electron chi connectivity index (χ0n) is 36.9. The van der Waals surface area contributed by atoms with Gasteiger partial charge in [-0.1, -0.05) is 166 Å². The van der Waals surface area contributed by atoms with Gasteiger partial charge in [0.15, 0.2) is 0 Å². The molecule has 1 aliphatic rings. The molecule has 0 unspecified atom stereocenters. The summed E-state index contributed by atoms with van der Waals surface area (Å²) in [5.74, 6) is 0. The van der Waals surface area contributed by atoms with Crippen LogP contribution in [-0.4, -0.2) is 9.13 Å².